The molecule has 0 saturated carbocycles. The first-order valence-electron chi connectivity index (χ1n) is 6.53. The van der Waals surface area contributed by atoms with Gasteiger partial charge >= 0.3 is 0 Å². The van der Waals surface area contributed by atoms with Crippen LogP contribution in [0.1, 0.15) is 23.2 Å². The van der Waals surface area contributed by atoms with Crippen molar-refractivity contribution in [1.82, 2.24) is 24.5 Å². The maximum Gasteiger partial charge on any atom is 0.230 e. The van der Waals surface area contributed by atoms with Crippen molar-refractivity contribution in [2.24, 2.45) is 0 Å². The van der Waals surface area contributed by atoms with Gasteiger partial charge in [0.05, 0.1) is 17.9 Å². The van der Waals surface area contributed by atoms with Gasteiger partial charge in [0.2, 0.25) is 11.8 Å². The average molecular weight is 271 g/mol. The van der Waals surface area contributed by atoms with Crippen molar-refractivity contribution >= 4 is 5.65 Å². The first-order valence-corrected chi connectivity index (χ1v) is 6.53. The molecule has 6 nitrogen and oxygen atoms in total. The van der Waals surface area contributed by atoms with E-state index < -0.39 is 0 Å². The maximum atomic E-state index is 5.40. The summed E-state index contributed by atoms with van der Waals surface area (Å²) in [6.45, 7) is 5.23. The second-order valence-electron chi connectivity index (χ2n) is 4.96. The molecule has 104 valence electrons. The molecule has 0 aromatic carbocycles. The molecular formula is C14H17N5O. The zero-order chi connectivity index (χ0) is 14.1. The Morgan fingerprint density at radius 2 is 2.05 bits per heavy atom. The molecule has 3 aromatic heterocycles. The van der Waals surface area contributed by atoms with Crippen LogP contribution in [0, 0.1) is 13.8 Å². The van der Waals surface area contributed by atoms with Crippen LogP contribution in [0.15, 0.2) is 28.8 Å². The Labute approximate surface area is 117 Å². The summed E-state index contributed by atoms with van der Waals surface area (Å²) in [5.41, 5.74) is 3.20. The van der Waals surface area contributed by atoms with Gasteiger partial charge in [-0.05, 0) is 26.1 Å². The normalized spacial score (nSPS) is 11.6. The highest BCUT2D eigenvalue weighted by Gasteiger charge is 2.12. The highest BCUT2D eigenvalue weighted by molar-refractivity contribution is 5.42. The van der Waals surface area contributed by atoms with Crippen molar-refractivity contribution in [2.75, 3.05) is 7.05 Å². The summed E-state index contributed by atoms with van der Waals surface area (Å²) >= 11 is 0. The van der Waals surface area contributed by atoms with Gasteiger partial charge in [0.1, 0.15) is 5.65 Å². The molecule has 0 aliphatic rings. The van der Waals surface area contributed by atoms with Crippen molar-refractivity contribution in [3.8, 4) is 0 Å². The number of hydrogen-bond donors (Lipinski definition) is 0. The smallest absolute Gasteiger partial charge is 0.230 e. The predicted octanol–water partition coefficient (Wildman–Crippen LogP) is 1.97. The van der Waals surface area contributed by atoms with Crippen molar-refractivity contribution < 1.29 is 4.42 Å². The van der Waals surface area contributed by atoms with Gasteiger partial charge in [-0.25, -0.2) is 4.98 Å². The van der Waals surface area contributed by atoms with Gasteiger partial charge < -0.3 is 8.82 Å². The average Bonchev–Trinajstić information content (AvgIpc) is 2.94. The second kappa shape index (κ2) is 5.05. The van der Waals surface area contributed by atoms with Gasteiger partial charge in [-0.2, -0.15) is 0 Å². The monoisotopic (exact) mass is 271 g/mol. The summed E-state index contributed by atoms with van der Waals surface area (Å²) in [6, 6.07) is 6.02. The van der Waals surface area contributed by atoms with Gasteiger partial charge in [0.15, 0.2) is 0 Å². The van der Waals surface area contributed by atoms with E-state index >= 15 is 0 Å². The molecule has 0 atom stereocenters. The molecule has 0 amide bonds. The number of aryl methyl sites for hydroxylation is 2. The molecule has 0 fully saturated rings. The molecule has 0 bridgehead atoms. The van der Waals surface area contributed by atoms with Crippen LogP contribution >= 0.6 is 0 Å². The fourth-order valence-electron chi connectivity index (χ4n) is 2.30. The number of nitrogens with zero attached hydrogens (tertiary/aromatic N) is 5. The van der Waals surface area contributed by atoms with Crippen LogP contribution in [0.25, 0.3) is 5.65 Å². The molecule has 20 heavy (non-hydrogen) atoms. The summed E-state index contributed by atoms with van der Waals surface area (Å²) in [4.78, 5) is 6.70. The van der Waals surface area contributed by atoms with Crippen LogP contribution < -0.4 is 0 Å². The highest BCUT2D eigenvalue weighted by atomic mass is 16.4. The molecule has 0 aliphatic heterocycles. The molecular weight excluding hydrogens is 254 g/mol. The van der Waals surface area contributed by atoms with Crippen LogP contribution in [0.3, 0.4) is 0 Å². The third kappa shape index (κ3) is 2.42. The molecule has 3 rings (SSSR count). The lowest BCUT2D eigenvalue weighted by atomic mass is 10.3. The molecule has 0 N–H and O–H groups in total. The predicted molar refractivity (Wildman–Crippen MR) is 74.1 cm³/mol. The van der Waals surface area contributed by atoms with E-state index in [2.05, 4.69) is 24.5 Å². The Balaban J connectivity index is 1.80. The molecule has 0 saturated heterocycles. The Morgan fingerprint density at radius 3 is 2.80 bits per heavy atom. The Bertz CT molecular complexity index is 730. The zero-order valence-corrected chi connectivity index (χ0v) is 11.9. The Kier molecular flexibility index (Phi) is 3.23. The van der Waals surface area contributed by atoms with Crippen LogP contribution in [0.4, 0.5) is 0 Å². The third-order valence-electron chi connectivity index (χ3n) is 3.22. The van der Waals surface area contributed by atoms with E-state index in [1.54, 1.807) is 6.92 Å². The van der Waals surface area contributed by atoms with Crippen LogP contribution in [0.5, 0.6) is 0 Å². The van der Waals surface area contributed by atoms with Crippen LogP contribution in [-0.4, -0.2) is 31.5 Å². The molecule has 0 spiro atoms. The number of pyridine rings is 1. The van der Waals surface area contributed by atoms with E-state index in [9.17, 15) is 0 Å². The lowest BCUT2D eigenvalue weighted by Crippen LogP contribution is -2.19. The third-order valence-corrected chi connectivity index (χ3v) is 3.22. The molecule has 6 heteroatoms. The van der Waals surface area contributed by atoms with Gasteiger partial charge in [0.25, 0.3) is 0 Å². The van der Waals surface area contributed by atoms with E-state index in [1.807, 2.05) is 38.4 Å². The minimum absolute atomic E-state index is 0.597. The number of aromatic nitrogens is 4. The molecule has 0 radical (unpaired) electrons. The fourth-order valence-corrected chi connectivity index (χ4v) is 2.30. The number of fused-ring (bicyclic) bond motifs is 1. The summed E-state index contributed by atoms with van der Waals surface area (Å²) in [6.07, 6.45) is 2.04. The van der Waals surface area contributed by atoms with E-state index in [0.717, 1.165) is 17.9 Å². The SMILES string of the molecule is Cc1nnc(CN(C)Cc2c(C)nc3ccccn23)o1. The molecule has 0 aliphatic carbocycles. The van der Waals surface area contributed by atoms with Gasteiger partial charge in [0, 0.05) is 19.7 Å². The van der Waals surface area contributed by atoms with E-state index in [1.165, 1.54) is 5.69 Å². The summed E-state index contributed by atoms with van der Waals surface area (Å²) in [7, 11) is 2.03. The number of imidazole rings is 1. The maximum absolute atomic E-state index is 5.40. The largest absolute Gasteiger partial charge is 0.424 e. The van der Waals surface area contributed by atoms with Gasteiger partial charge in [-0.3, -0.25) is 4.90 Å². The molecule has 3 heterocycles. The molecule has 3 aromatic rings. The number of hydrogen-bond acceptors (Lipinski definition) is 5. The summed E-state index contributed by atoms with van der Waals surface area (Å²) in [5.74, 6) is 1.23. The van der Waals surface area contributed by atoms with Crippen molar-refractivity contribution in [1.29, 1.82) is 0 Å². The lowest BCUT2D eigenvalue weighted by Gasteiger charge is -2.14. The van der Waals surface area contributed by atoms with E-state index in [4.69, 9.17) is 4.42 Å². The fraction of sp³-hybridized carbons (Fsp3) is 0.357. The number of rotatable bonds is 4. The topological polar surface area (TPSA) is 59.5 Å². The Morgan fingerprint density at radius 1 is 1.20 bits per heavy atom. The van der Waals surface area contributed by atoms with Crippen molar-refractivity contribution in [2.45, 2.75) is 26.9 Å². The minimum atomic E-state index is 0.597. The van der Waals surface area contributed by atoms with Crippen molar-refractivity contribution in [3.63, 3.8) is 0 Å². The summed E-state index contributed by atoms with van der Waals surface area (Å²) in [5, 5.41) is 7.86. The van der Waals surface area contributed by atoms with Gasteiger partial charge in [-0.1, -0.05) is 6.07 Å². The van der Waals surface area contributed by atoms with Crippen LogP contribution in [0.2, 0.25) is 0 Å². The Hall–Kier alpha value is -2.21. The second-order valence-corrected chi connectivity index (χ2v) is 4.96. The zero-order valence-electron chi connectivity index (χ0n) is 11.9. The summed E-state index contributed by atoms with van der Waals surface area (Å²) < 4.78 is 7.52. The van der Waals surface area contributed by atoms with Crippen molar-refractivity contribution in [3.05, 3.63) is 47.6 Å². The standard InChI is InChI=1S/C14H17N5O/c1-10-12(19-7-5-4-6-13(19)15-10)8-18(3)9-14-17-16-11(2)20-14/h4-7H,8-9H2,1-3H3. The molecule has 0 unspecified atom stereocenters. The lowest BCUT2D eigenvalue weighted by molar-refractivity contribution is 0.275. The van der Waals surface area contributed by atoms with E-state index in [-0.39, 0.29) is 0 Å². The first-order chi connectivity index (χ1) is 9.63. The quantitative estimate of drug-likeness (QED) is 0.726. The first kappa shape index (κ1) is 12.8. The van der Waals surface area contributed by atoms with E-state index in [0.29, 0.717) is 18.3 Å². The van der Waals surface area contributed by atoms with Crippen LogP contribution in [-0.2, 0) is 13.1 Å². The minimum Gasteiger partial charge on any atom is -0.424 e. The van der Waals surface area contributed by atoms with Gasteiger partial charge in [-0.15, -0.1) is 10.2 Å². The highest BCUT2D eigenvalue weighted by Crippen LogP contribution is 2.14.